The van der Waals surface area contributed by atoms with Gasteiger partial charge in [0.15, 0.2) is 0 Å². The number of halogens is 12. The van der Waals surface area contributed by atoms with E-state index in [9.17, 15) is 52.8 Å². The molecule has 19 heavy (non-hydrogen) atoms. The lowest BCUT2D eigenvalue weighted by atomic mass is 10.3. The van der Waals surface area contributed by atoms with Gasteiger partial charge < -0.3 is 0 Å². The third-order valence-corrected chi connectivity index (χ3v) is 1.41. The van der Waals surface area contributed by atoms with Gasteiger partial charge in [-0.25, -0.2) is 4.74 Å². The molecule has 0 N–H and O–H groups in total. The Morgan fingerprint density at radius 2 is 0.895 bits per heavy atom. The number of hydrogen-bond acceptors (Lipinski definition) is 2. The second kappa shape index (κ2) is 4.57. The number of alkyl halides is 11. The highest BCUT2D eigenvalue weighted by Gasteiger charge is 2.79. The van der Waals surface area contributed by atoms with Crippen molar-refractivity contribution in [1.29, 1.82) is 0 Å². The van der Waals surface area contributed by atoms with Gasteiger partial charge in [0, 0.05) is 0 Å². The van der Waals surface area contributed by atoms with Crippen LogP contribution in [-0.4, -0.2) is 30.4 Å². The van der Waals surface area contributed by atoms with E-state index in [1.54, 1.807) is 0 Å². The van der Waals surface area contributed by atoms with Gasteiger partial charge in [-0.1, -0.05) is 0 Å². The van der Waals surface area contributed by atoms with Gasteiger partial charge in [-0.15, -0.1) is 4.94 Å². The zero-order chi connectivity index (χ0) is 15.9. The van der Waals surface area contributed by atoms with Crippen LogP contribution in [0.15, 0.2) is 0 Å². The molecule has 0 saturated heterocycles. The molecule has 0 aromatic rings. The topological polar surface area (TPSA) is 18.5 Å². The normalized spacial score (nSPS) is 15.8. The van der Waals surface area contributed by atoms with Crippen LogP contribution >= 0.6 is 0 Å². The Kier molecular flexibility index (Phi) is 4.35. The first kappa shape index (κ1) is 18.1. The molecule has 0 aromatic carbocycles. The SMILES string of the molecule is FOC(F)(F)C(F)(F)OC(F)(F)C(F)(F)C(F)(F)F. The zero-order valence-electron chi connectivity index (χ0n) is 7.85. The molecule has 0 rings (SSSR count). The summed E-state index contributed by atoms with van der Waals surface area (Å²) >= 11 is 0. The number of hydrogen-bond donors (Lipinski definition) is 0. The van der Waals surface area contributed by atoms with Crippen LogP contribution in [0.1, 0.15) is 0 Å². The first-order chi connectivity index (χ1) is 8.02. The summed E-state index contributed by atoms with van der Waals surface area (Å²) in [6.45, 7) is 0. The van der Waals surface area contributed by atoms with Crippen molar-refractivity contribution in [2.75, 3.05) is 0 Å². The van der Waals surface area contributed by atoms with Crippen molar-refractivity contribution in [3.8, 4) is 0 Å². The summed E-state index contributed by atoms with van der Waals surface area (Å²) in [5.74, 6) is -7.24. The fourth-order valence-corrected chi connectivity index (χ4v) is 0.494. The smallest absolute Gasteiger partial charge is 0.243 e. The third-order valence-electron chi connectivity index (χ3n) is 1.41. The summed E-state index contributed by atoms with van der Waals surface area (Å²) in [6.07, 6.45) is -27.5. The second-order valence-corrected chi connectivity index (χ2v) is 2.80. The van der Waals surface area contributed by atoms with Crippen LogP contribution in [0.25, 0.3) is 0 Å². The molecule has 0 unspecified atom stereocenters. The summed E-state index contributed by atoms with van der Waals surface area (Å²) in [5, 5.41) is 0. The molecule has 0 fully saturated rings. The van der Waals surface area contributed by atoms with Crippen molar-refractivity contribution in [2.24, 2.45) is 0 Å². The minimum absolute atomic E-state index is 1.18. The number of ether oxygens (including phenoxy) is 1. The number of rotatable bonds is 5. The van der Waals surface area contributed by atoms with Crippen molar-refractivity contribution < 1.29 is 62.5 Å². The van der Waals surface area contributed by atoms with Crippen molar-refractivity contribution >= 4 is 0 Å². The van der Waals surface area contributed by atoms with Crippen LogP contribution < -0.4 is 0 Å². The molecule has 116 valence electrons. The predicted molar refractivity (Wildman–Crippen MR) is 29.1 cm³/mol. The van der Waals surface area contributed by atoms with E-state index < -0.39 is 30.4 Å². The maximum Gasteiger partial charge on any atom is 0.478 e. The molecule has 0 bridgehead atoms. The Bertz CT molecular complexity index is 319. The van der Waals surface area contributed by atoms with E-state index in [4.69, 9.17) is 0 Å². The Morgan fingerprint density at radius 1 is 0.526 bits per heavy atom. The molecule has 0 radical (unpaired) electrons. The molecule has 0 aliphatic heterocycles. The molecule has 0 aliphatic carbocycles. The van der Waals surface area contributed by atoms with Gasteiger partial charge in [0.25, 0.3) is 0 Å². The molecular formula is C5F12O2. The van der Waals surface area contributed by atoms with Crippen molar-refractivity contribution in [1.82, 2.24) is 0 Å². The van der Waals surface area contributed by atoms with Crippen LogP contribution in [0.3, 0.4) is 0 Å². The molecule has 0 aliphatic rings. The Hall–Kier alpha value is -0.920. The third kappa shape index (κ3) is 3.16. The summed E-state index contributed by atoms with van der Waals surface area (Å²) < 4.78 is 143. The van der Waals surface area contributed by atoms with Crippen LogP contribution in [0.2, 0.25) is 0 Å². The lowest BCUT2D eigenvalue weighted by Crippen LogP contribution is -2.58. The molecule has 0 atom stereocenters. The minimum Gasteiger partial charge on any atom is -0.243 e. The maximum atomic E-state index is 12.2. The molecule has 0 heterocycles. The first-order valence-electron chi connectivity index (χ1n) is 3.60. The molecule has 0 amide bonds. The second-order valence-electron chi connectivity index (χ2n) is 2.80. The van der Waals surface area contributed by atoms with E-state index in [1.165, 1.54) is 9.68 Å². The van der Waals surface area contributed by atoms with Gasteiger partial charge in [-0.05, 0) is 4.53 Å². The quantitative estimate of drug-likeness (QED) is 0.716. The van der Waals surface area contributed by atoms with Gasteiger partial charge in [0.2, 0.25) is 0 Å². The molecule has 2 nitrogen and oxygen atoms in total. The monoisotopic (exact) mass is 320 g/mol. The Labute approximate surface area is 94.3 Å². The average Bonchev–Trinajstić information content (AvgIpc) is 2.13. The van der Waals surface area contributed by atoms with Gasteiger partial charge in [0.05, 0.1) is 0 Å². The zero-order valence-corrected chi connectivity index (χ0v) is 7.85. The lowest BCUT2D eigenvalue weighted by Gasteiger charge is -2.31. The van der Waals surface area contributed by atoms with E-state index in [-0.39, 0.29) is 0 Å². The summed E-state index contributed by atoms with van der Waals surface area (Å²) in [5.41, 5.74) is 0. The van der Waals surface area contributed by atoms with Crippen LogP contribution in [0, 0.1) is 0 Å². The Morgan fingerprint density at radius 3 is 1.16 bits per heavy atom. The molecule has 0 aromatic heterocycles. The van der Waals surface area contributed by atoms with Gasteiger partial charge in [0.1, 0.15) is 0 Å². The Balaban J connectivity index is 5.39. The van der Waals surface area contributed by atoms with Gasteiger partial charge >= 0.3 is 30.4 Å². The standard InChI is InChI=1S/C5F12O2/c6-1(7,2(8,9)10)3(11,12)18-4(13,14)5(15,16)19-17. The highest BCUT2D eigenvalue weighted by atomic mass is 19.4. The van der Waals surface area contributed by atoms with Crippen LogP contribution in [-0.2, 0) is 9.68 Å². The summed E-state index contributed by atoms with van der Waals surface area (Å²) in [4.78, 5) is 1.18. The largest absolute Gasteiger partial charge is 0.478 e. The van der Waals surface area contributed by atoms with E-state index in [1.807, 2.05) is 0 Å². The molecule has 14 heteroatoms. The maximum absolute atomic E-state index is 12.2. The highest BCUT2D eigenvalue weighted by molar-refractivity contribution is 4.86. The van der Waals surface area contributed by atoms with Crippen molar-refractivity contribution in [3.05, 3.63) is 0 Å². The predicted octanol–water partition coefficient (Wildman–Crippen LogP) is 3.88. The van der Waals surface area contributed by atoms with Crippen LogP contribution in [0.4, 0.5) is 52.8 Å². The lowest BCUT2D eigenvalue weighted by molar-refractivity contribution is -0.541. The van der Waals surface area contributed by atoms with Gasteiger partial charge in [-0.3, -0.25) is 0 Å². The van der Waals surface area contributed by atoms with Gasteiger partial charge in [-0.2, -0.15) is 48.3 Å². The highest BCUT2D eigenvalue weighted by Crippen LogP contribution is 2.51. The fourth-order valence-electron chi connectivity index (χ4n) is 0.494. The molecular weight excluding hydrogens is 320 g/mol. The van der Waals surface area contributed by atoms with Crippen LogP contribution in [0.5, 0.6) is 0 Å². The van der Waals surface area contributed by atoms with E-state index in [0.717, 1.165) is 0 Å². The van der Waals surface area contributed by atoms with Crippen molar-refractivity contribution in [3.63, 3.8) is 0 Å². The van der Waals surface area contributed by atoms with E-state index in [2.05, 4.69) is 0 Å². The van der Waals surface area contributed by atoms with Crippen molar-refractivity contribution in [2.45, 2.75) is 30.4 Å². The fraction of sp³-hybridized carbons (Fsp3) is 1.00. The summed E-state index contributed by atoms with van der Waals surface area (Å²) in [7, 11) is 0. The molecule has 0 saturated carbocycles. The van der Waals surface area contributed by atoms with E-state index in [0.29, 0.717) is 0 Å². The first-order valence-corrected chi connectivity index (χ1v) is 3.60. The minimum atomic E-state index is -7.24. The summed E-state index contributed by atoms with van der Waals surface area (Å²) in [6, 6.07) is 0. The average molecular weight is 320 g/mol. The molecule has 0 spiro atoms. The van der Waals surface area contributed by atoms with E-state index >= 15 is 0 Å².